The molecule has 3 heterocycles. The van der Waals surface area contributed by atoms with E-state index in [1.54, 1.807) is 44.6 Å². The number of hydrogen-bond donors (Lipinski definition) is 4. The van der Waals surface area contributed by atoms with Crippen molar-refractivity contribution in [2.45, 2.75) is 60.4 Å². The van der Waals surface area contributed by atoms with Crippen molar-refractivity contribution in [3.05, 3.63) is 125 Å². The molecule has 0 radical (unpaired) electrons. The van der Waals surface area contributed by atoms with Crippen LogP contribution in [0.1, 0.15) is 66.6 Å². The van der Waals surface area contributed by atoms with E-state index in [0.717, 1.165) is 34.4 Å². The maximum atomic E-state index is 14.0. The number of aromatic nitrogens is 2. The van der Waals surface area contributed by atoms with Crippen molar-refractivity contribution < 1.29 is 44.6 Å². The maximum Gasteiger partial charge on any atom is 0.501 e. The summed E-state index contributed by atoms with van der Waals surface area (Å²) < 4.78 is 103. The van der Waals surface area contributed by atoms with Crippen LogP contribution in [0.5, 0.6) is 11.5 Å². The molecule has 19 heteroatoms. The number of hydrogen-bond acceptors (Lipinski definition) is 11. The van der Waals surface area contributed by atoms with E-state index in [4.69, 9.17) is 16.3 Å². The highest BCUT2D eigenvalue weighted by Crippen LogP contribution is 2.41. The van der Waals surface area contributed by atoms with Gasteiger partial charge in [-0.25, -0.2) is 26.5 Å². The molecule has 0 bridgehead atoms. The van der Waals surface area contributed by atoms with Crippen molar-refractivity contribution in [2.24, 2.45) is 5.92 Å². The summed E-state index contributed by atoms with van der Waals surface area (Å²) in [5, 5.41) is 15.9. The second-order valence-electron chi connectivity index (χ2n) is 16.8. The minimum atomic E-state index is -6.04. The Kier molecular flexibility index (Phi) is 14.4. The fraction of sp³-hybridized carbons (Fsp3) is 0.319. The molecule has 1 fully saturated rings. The first-order chi connectivity index (χ1) is 31.2. The first-order valence-electron chi connectivity index (χ1n) is 21.2. The van der Waals surface area contributed by atoms with Crippen molar-refractivity contribution in [3.63, 3.8) is 0 Å². The maximum absolute atomic E-state index is 14.0. The van der Waals surface area contributed by atoms with E-state index in [0.29, 0.717) is 66.7 Å². The highest BCUT2D eigenvalue weighted by atomic mass is 35.5. The largest absolute Gasteiger partial charge is 0.501 e. The quantitative estimate of drug-likeness (QED) is 0.0681. The number of alkyl halides is 3. The van der Waals surface area contributed by atoms with Crippen LogP contribution in [-0.4, -0.2) is 88.5 Å². The van der Waals surface area contributed by atoms with Gasteiger partial charge in [0.15, 0.2) is 0 Å². The zero-order valence-corrected chi connectivity index (χ0v) is 39.0. The zero-order valence-electron chi connectivity index (χ0n) is 36.6. The van der Waals surface area contributed by atoms with E-state index in [9.17, 15) is 39.9 Å². The van der Waals surface area contributed by atoms with Crippen molar-refractivity contribution in [1.82, 2.24) is 19.6 Å². The smallest absolute Gasteiger partial charge is 0.455 e. The molecule has 66 heavy (non-hydrogen) atoms. The summed E-state index contributed by atoms with van der Waals surface area (Å²) in [6.07, 6.45) is 3.98. The van der Waals surface area contributed by atoms with E-state index >= 15 is 0 Å². The Morgan fingerprint density at radius 3 is 2.38 bits per heavy atom. The van der Waals surface area contributed by atoms with Crippen LogP contribution in [0, 0.1) is 5.92 Å². The van der Waals surface area contributed by atoms with Crippen LogP contribution in [0.3, 0.4) is 0 Å². The molecule has 4 N–H and O–H groups in total. The molecule has 350 valence electrons. The Labute approximate surface area is 386 Å². The van der Waals surface area contributed by atoms with E-state index in [2.05, 4.69) is 46.2 Å². The van der Waals surface area contributed by atoms with Gasteiger partial charge in [-0.15, -0.1) is 0 Å². The van der Waals surface area contributed by atoms with Gasteiger partial charge in [-0.2, -0.15) is 13.2 Å². The van der Waals surface area contributed by atoms with Gasteiger partial charge in [0, 0.05) is 48.0 Å². The minimum absolute atomic E-state index is 0.0604. The summed E-state index contributed by atoms with van der Waals surface area (Å²) in [5.74, 6) is -0.894. The topological polar surface area (TPSA) is 174 Å². The number of aromatic amines is 1. The predicted octanol–water partition coefficient (Wildman–Crippen LogP) is 9.52. The standard InChI is InChI=1S/C47H50ClF3N6O7S2/c1-29(2)32-8-13-38(30-6-9-34(48)10-7-30)40(25-32)44(58)31-17-22-57(23-18-31)35-11-14-39(42(26-35)64-36-24-33-16-20-53-45(33)54-28-36)46(59)55-66(62,63)37-12-15-41(52-19-5-21-56(3)4)43(27-37)65(60,61)47(49,50)51/h6-16,20,24-29,31,44,52,58H,5,17-19,21-23H2,1-4H3,(H,53,54)(H,55,59)/t44-/m0/s1. The molecular weight excluding hydrogens is 917 g/mol. The highest BCUT2D eigenvalue weighted by molar-refractivity contribution is 7.92. The molecule has 0 unspecified atom stereocenters. The lowest BCUT2D eigenvalue weighted by Crippen LogP contribution is -2.36. The summed E-state index contributed by atoms with van der Waals surface area (Å²) in [5.41, 5.74) is -1.45. The van der Waals surface area contributed by atoms with Gasteiger partial charge < -0.3 is 29.9 Å². The molecule has 1 aliphatic heterocycles. The molecule has 1 amide bonds. The lowest BCUT2D eigenvalue weighted by molar-refractivity contribution is -0.0435. The summed E-state index contributed by atoms with van der Waals surface area (Å²) in [4.78, 5) is 23.0. The van der Waals surface area contributed by atoms with E-state index < -0.39 is 52.9 Å². The lowest BCUT2D eigenvalue weighted by Gasteiger charge is -2.36. The molecule has 7 rings (SSSR count). The van der Waals surface area contributed by atoms with Crippen molar-refractivity contribution in [3.8, 4) is 22.6 Å². The lowest BCUT2D eigenvalue weighted by atomic mass is 9.82. The first-order valence-corrected chi connectivity index (χ1v) is 24.6. The number of H-pyrrole nitrogens is 1. The summed E-state index contributed by atoms with van der Waals surface area (Å²) in [7, 11) is -7.43. The second-order valence-corrected chi connectivity index (χ2v) is 20.8. The number of carbonyl (C=O) groups excluding carboxylic acids is 1. The third-order valence-corrected chi connectivity index (χ3v) is 14.7. The second kappa shape index (κ2) is 19.7. The van der Waals surface area contributed by atoms with E-state index in [-0.39, 0.29) is 35.4 Å². The van der Waals surface area contributed by atoms with Gasteiger partial charge in [0.25, 0.3) is 25.8 Å². The normalized spacial score (nSPS) is 14.5. The van der Waals surface area contributed by atoms with Gasteiger partial charge >= 0.3 is 5.51 Å². The Balaban J connectivity index is 1.15. The summed E-state index contributed by atoms with van der Waals surface area (Å²) in [6, 6.07) is 23.9. The fourth-order valence-corrected chi connectivity index (χ4v) is 10.1. The Bertz CT molecular complexity index is 2940. The van der Waals surface area contributed by atoms with Crippen molar-refractivity contribution >= 4 is 59.8 Å². The number of ether oxygens (including phenoxy) is 1. The molecule has 13 nitrogen and oxygen atoms in total. The Morgan fingerprint density at radius 1 is 0.970 bits per heavy atom. The van der Waals surface area contributed by atoms with Gasteiger partial charge in [-0.05, 0) is 129 Å². The van der Waals surface area contributed by atoms with Crippen LogP contribution in [0.2, 0.25) is 5.02 Å². The molecule has 1 aliphatic rings. The van der Waals surface area contributed by atoms with Crippen LogP contribution in [-0.2, 0) is 19.9 Å². The van der Waals surface area contributed by atoms with Gasteiger partial charge in [-0.1, -0.05) is 55.8 Å². The number of halogens is 4. The molecule has 0 aliphatic carbocycles. The highest BCUT2D eigenvalue weighted by Gasteiger charge is 2.48. The number of amides is 1. The molecule has 6 aromatic rings. The number of sulfone groups is 1. The molecular formula is C47H50ClF3N6O7S2. The van der Waals surface area contributed by atoms with Crippen molar-refractivity contribution in [1.29, 1.82) is 0 Å². The SMILES string of the molecule is CC(C)c1ccc(-c2ccc(Cl)cc2)c([C@@H](O)C2CCN(c3ccc(C(=O)NS(=O)(=O)c4ccc(NCCCN(C)C)c(S(=O)(=O)C(F)(F)F)c4)c(Oc4cnc5[nH]ccc5c4)c3)CC2)c1. The zero-order chi connectivity index (χ0) is 47.6. The number of anilines is 2. The van der Waals surface area contributed by atoms with E-state index in [1.165, 1.54) is 12.3 Å². The number of piperidine rings is 1. The summed E-state index contributed by atoms with van der Waals surface area (Å²) in [6.45, 7) is 5.87. The van der Waals surface area contributed by atoms with Gasteiger partial charge in [0.05, 0.1) is 28.4 Å². The first kappa shape index (κ1) is 48.3. The van der Waals surface area contributed by atoms with Crippen LogP contribution >= 0.6 is 11.6 Å². The number of fused-ring (bicyclic) bond motifs is 1. The molecule has 1 saturated heterocycles. The number of nitrogens with one attached hydrogen (secondary N) is 3. The Hall–Kier alpha value is -5.66. The molecule has 0 saturated carbocycles. The molecule has 1 atom stereocenters. The molecule has 4 aromatic carbocycles. The number of nitrogens with zero attached hydrogens (tertiary/aromatic N) is 3. The summed E-state index contributed by atoms with van der Waals surface area (Å²) >= 11 is 6.19. The Morgan fingerprint density at radius 2 is 1.70 bits per heavy atom. The predicted molar refractivity (Wildman–Crippen MR) is 249 cm³/mol. The minimum Gasteiger partial charge on any atom is -0.455 e. The third kappa shape index (κ3) is 10.8. The number of benzene rings is 4. The van der Waals surface area contributed by atoms with Crippen LogP contribution in [0.15, 0.2) is 113 Å². The average Bonchev–Trinajstić information content (AvgIpc) is 3.75. The third-order valence-electron chi connectivity index (χ3n) is 11.6. The average molecular weight is 968 g/mol. The monoisotopic (exact) mass is 966 g/mol. The number of carbonyl (C=O) groups is 1. The van der Waals surface area contributed by atoms with Crippen LogP contribution in [0.25, 0.3) is 22.2 Å². The molecule has 0 spiro atoms. The number of aliphatic hydroxyl groups excluding tert-OH is 1. The van der Waals surface area contributed by atoms with Crippen LogP contribution in [0.4, 0.5) is 24.5 Å². The van der Waals surface area contributed by atoms with Crippen molar-refractivity contribution in [2.75, 3.05) is 50.5 Å². The number of sulfonamides is 1. The van der Waals surface area contributed by atoms with E-state index in [1.807, 2.05) is 40.0 Å². The number of aliphatic hydroxyl groups is 1. The van der Waals surface area contributed by atoms with Crippen LogP contribution < -0.4 is 19.7 Å². The number of pyridine rings is 1. The van der Waals surface area contributed by atoms with Gasteiger partial charge in [0.2, 0.25) is 0 Å². The number of rotatable bonds is 16. The molecule has 2 aromatic heterocycles. The fourth-order valence-electron chi connectivity index (χ4n) is 7.90. The van der Waals surface area contributed by atoms with Gasteiger partial charge in [0.1, 0.15) is 22.0 Å². The van der Waals surface area contributed by atoms with Gasteiger partial charge in [-0.3, -0.25) is 4.79 Å².